The summed E-state index contributed by atoms with van der Waals surface area (Å²) < 4.78 is 19.3. The van der Waals surface area contributed by atoms with Gasteiger partial charge >= 0.3 is 0 Å². The van der Waals surface area contributed by atoms with Crippen molar-refractivity contribution in [2.45, 2.75) is 57.7 Å². The third-order valence-corrected chi connectivity index (χ3v) is 5.73. The second-order valence-corrected chi connectivity index (χ2v) is 7.75. The number of halogens is 1. The van der Waals surface area contributed by atoms with Gasteiger partial charge in [0.15, 0.2) is 0 Å². The maximum Gasteiger partial charge on any atom is 0.124 e. The summed E-state index contributed by atoms with van der Waals surface area (Å²) in [5.41, 5.74) is 2.18. The molecule has 0 aliphatic heterocycles. The van der Waals surface area contributed by atoms with Crippen molar-refractivity contribution in [2.24, 2.45) is 0 Å². The summed E-state index contributed by atoms with van der Waals surface area (Å²) in [6, 6.07) is 19.8. The second-order valence-electron chi connectivity index (χ2n) is 7.75. The number of fused-ring (bicyclic) bond motifs is 1. The van der Waals surface area contributed by atoms with E-state index in [0.717, 1.165) is 17.9 Å². The van der Waals surface area contributed by atoms with Gasteiger partial charge in [-0.15, -0.1) is 0 Å². The third kappa shape index (κ3) is 4.71. The average molecular weight is 378 g/mol. The van der Waals surface area contributed by atoms with Crippen molar-refractivity contribution in [1.82, 2.24) is 5.32 Å². The lowest BCUT2D eigenvalue weighted by Crippen LogP contribution is -2.28. The van der Waals surface area contributed by atoms with Gasteiger partial charge in [0.05, 0.1) is 0 Å². The zero-order chi connectivity index (χ0) is 19.2. The van der Waals surface area contributed by atoms with Gasteiger partial charge in [-0.2, -0.15) is 0 Å². The smallest absolute Gasteiger partial charge is 0.124 e. The molecule has 1 aliphatic carbocycles. The number of benzene rings is 3. The molecule has 4 rings (SSSR count). The van der Waals surface area contributed by atoms with Crippen molar-refractivity contribution >= 4 is 10.8 Å². The highest BCUT2D eigenvalue weighted by Crippen LogP contribution is 2.29. The van der Waals surface area contributed by atoms with E-state index >= 15 is 0 Å². The fourth-order valence-electron chi connectivity index (χ4n) is 4.11. The van der Waals surface area contributed by atoms with Crippen molar-refractivity contribution in [3.63, 3.8) is 0 Å². The lowest BCUT2D eigenvalue weighted by molar-refractivity contribution is 0.301. The molecule has 1 saturated carbocycles. The van der Waals surface area contributed by atoms with Crippen LogP contribution in [0.1, 0.15) is 49.7 Å². The van der Waals surface area contributed by atoms with Gasteiger partial charge in [-0.1, -0.05) is 68.1 Å². The van der Waals surface area contributed by atoms with Crippen LogP contribution in [0.15, 0.2) is 60.7 Å². The van der Waals surface area contributed by atoms with Crippen molar-refractivity contribution < 1.29 is 9.13 Å². The molecule has 146 valence electrons. The summed E-state index contributed by atoms with van der Waals surface area (Å²) in [5, 5.41) is 6.25. The Bertz CT molecular complexity index is 898. The van der Waals surface area contributed by atoms with E-state index in [2.05, 4.69) is 41.7 Å². The molecule has 0 radical (unpaired) electrons. The molecule has 0 amide bonds. The normalized spacial score (nSPS) is 15.5. The zero-order valence-corrected chi connectivity index (χ0v) is 16.3. The zero-order valence-electron chi connectivity index (χ0n) is 16.3. The Hall–Kier alpha value is -2.39. The van der Waals surface area contributed by atoms with E-state index in [9.17, 15) is 4.39 Å². The maximum atomic E-state index is 13.1. The van der Waals surface area contributed by atoms with Gasteiger partial charge in [-0.25, -0.2) is 4.39 Å². The second kappa shape index (κ2) is 9.20. The van der Waals surface area contributed by atoms with Crippen molar-refractivity contribution in [2.75, 3.05) is 0 Å². The van der Waals surface area contributed by atoms with Gasteiger partial charge in [-0.3, -0.25) is 0 Å². The van der Waals surface area contributed by atoms with E-state index in [4.69, 9.17) is 4.74 Å². The van der Waals surface area contributed by atoms with E-state index < -0.39 is 0 Å². The predicted molar refractivity (Wildman–Crippen MR) is 113 cm³/mol. The molecule has 3 aromatic rings. The first kappa shape index (κ1) is 18.9. The summed E-state index contributed by atoms with van der Waals surface area (Å²) in [4.78, 5) is 0. The fraction of sp³-hybridized carbons (Fsp3) is 0.360. The first-order chi connectivity index (χ1) is 13.8. The Morgan fingerprint density at radius 2 is 1.61 bits per heavy atom. The molecule has 0 bridgehead atoms. The number of hydrogen-bond acceptors (Lipinski definition) is 2. The van der Waals surface area contributed by atoms with Crippen LogP contribution in [0.5, 0.6) is 5.75 Å². The van der Waals surface area contributed by atoms with Crippen molar-refractivity contribution in [3.05, 3.63) is 77.6 Å². The molecule has 0 spiro atoms. The lowest BCUT2D eigenvalue weighted by atomic mass is 10.0. The Balaban J connectivity index is 1.54. The van der Waals surface area contributed by atoms with Crippen LogP contribution in [-0.2, 0) is 13.2 Å². The predicted octanol–water partition coefficient (Wildman–Crippen LogP) is 6.37. The number of rotatable bonds is 6. The Morgan fingerprint density at radius 1 is 0.857 bits per heavy atom. The highest BCUT2D eigenvalue weighted by atomic mass is 19.1. The van der Waals surface area contributed by atoms with Crippen LogP contribution < -0.4 is 10.1 Å². The van der Waals surface area contributed by atoms with Crippen LogP contribution in [0.25, 0.3) is 10.8 Å². The van der Waals surface area contributed by atoms with E-state index in [1.807, 2.05) is 0 Å². The van der Waals surface area contributed by atoms with Crippen molar-refractivity contribution in [3.8, 4) is 5.75 Å². The first-order valence-corrected chi connectivity index (χ1v) is 10.4. The fourth-order valence-corrected chi connectivity index (χ4v) is 4.11. The molecular formula is C25H28FNO. The van der Waals surface area contributed by atoms with E-state index in [1.165, 1.54) is 67.0 Å². The molecule has 2 nitrogen and oxygen atoms in total. The monoisotopic (exact) mass is 377 g/mol. The molecule has 1 aliphatic rings. The average Bonchev–Trinajstić information content (AvgIpc) is 3.01. The Labute approximate surface area is 166 Å². The molecule has 1 fully saturated rings. The van der Waals surface area contributed by atoms with Crippen LogP contribution in [0.3, 0.4) is 0 Å². The van der Waals surface area contributed by atoms with Crippen LogP contribution in [0.4, 0.5) is 4.39 Å². The molecule has 3 heteroatoms. The first-order valence-electron chi connectivity index (χ1n) is 10.4. The highest BCUT2D eigenvalue weighted by molar-refractivity contribution is 5.87. The molecule has 0 aromatic heterocycles. The number of hydrogen-bond donors (Lipinski definition) is 1. The topological polar surface area (TPSA) is 21.3 Å². The molecule has 1 N–H and O–H groups in total. The molecule has 0 heterocycles. The largest absolute Gasteiger partial charge is 0.489 e. The maximum absolute atomic E-state index is 13.1. The summed E-state index contributed by atoms with van der Waals surface area (Å²) in [5.74, 6) is 0.687. The minimum absolute atomic E-state index is 0.220. The third-order valence-electron chi connectivity index (χ3n) is 5.73. The quantitative estimate of drug-likeness (QED) is 0.504. The van der Waals surface area contributed by atoms with Crippen molar-refractivity contribution in [1.29, 1.82) is 0 Å². The highest BCUT2D eigenvalue weighted by Gasteiger charge is 2.14. The van der Waals surface area contributed by atoms with Gasteiger partial charge in [0.2, 0.25) is 0 Å². The van der Waals surface area contributed by atoms with Gasteiger partial charge in [0.25, 0.3) is 0 Å². The summed E-state index contributed by atoms with van der Waals surface area (Å²) in [6.07, 6.45) is 7.88. The summed E-state index contributed by atoms with van der Waals surface area (Å²) in [7, 11) is 0. The standard InChI is InChI=1S/C25H28FNO/c26-21-14-11-19(12-15-21)18-28-25-16-13-20-7-5-6-10-23(20)24(25)17-27-22-8-3-1-2-4-9-22/h5-7,10-16,22,27H,1-4,8-9,17-18H2. The van der Waals surface area contributed by atoms with E-state index in [-0.39, 0.29) is 5.82 Å². The molecule has 0 saturated heterocycles. The number of nitrogens with one attached hydrogen (secondary N) is 1. The van der Waals surface area contributed by atoms with Crippen LogP contribution in [0, 0.1) is 5.82 Å². The molecule has 0 unspecified atom stereocenters. The summed E-state index contributed by atoms with van der Waals surface area (Å²) >= 11 is 0. The van der Waals surface area contributed by atoms with Gasteiger partial charge in [0, 0.05) is 18.2 Å². The van der Waals surface area contributed by atoms with Gasteiger partial charge in [-0.05, 0) is 47.4 Å². The molecular weight excluding hydrogens is 349 g/mol. The molecule has 0 atom stereocenters. The minimum Gasteiger partial charge on any atom is -0.489 e. The Morgan fingerprint density at radius 3 is 2.39 bits per heavy atom. The Kier molecular flexibility index (Phi) is 6.23. The molecule has 3 aromatic carbocycles. The minimum atomic E-state index is -0.220. The number of ether oxygens (including phenoxy) is 1. The van der Waals surface area contributed by atoms with Crippen LogP contribution in [-0.4, -0.2) is 6.04 Å². The SMILES string of the molecule is Fc1ccc(COc2ccc3ccccc3c2CNC2CCCCCC2)cc1. The van der Waals surface area contributed by atoms with Crippen LogP contribution >= 0.6 is 0 Å². The summed E-state index contributed by atoms with van der Waals surface area (Å²) in [6.45, 7) is 1.25. The van der Waals surface area contributed by atoms with Gasteiger partial charge in [0.1, 0.15) is 18.2 Å². The molecule has 28 heavy (non-hydrogen) atoms. The van der Waals surface area contributed by atoms with Crippen LogP contribution in [0.2, 0.25) is 0 Å². The van der Waals surface area contributed by atoms with E-state index in [0.29, 0.717) is 12.6 Å². The van der Waals surface area contributed by atoms with Gasteiger partial charge < -0.3 is 10.1 Å². The lowest BCUT2D eigenvalue weighted by Gasteiger charge is -2.19. The van der Waals surface area contributed by atoms with E-state index in [1.54, 1.807) is 12.1 Å².